The highest BCUT2D eigenvalue weighted by molar-refractivity contribution is 7.92. The maximum absolute atomic E-state index is 13.0. The van der Waals surface area contributed by atoms with E-state index in [1.165, 1.54) is 0 Å². The van der Waals surface area contributed by atoms with Gasteiger partial charge >= 0.3 is 0 Å². The van der Waals surface area contributed by atoms with Crippen molar-refractivity contribution in [3.8, 4) is 6.07 Å². The Kier molecular flexibility index (Phi) is 7.23. The molecule has 0 aliphatic carbocycles. The van der Waals surface area contributed by atoms with Crippen LogP contribution in [0.3, 0.4) is 0 Å². The molecule has 0 aliphatic rings. The first-order chi connectivity index (χ1) is 15.3. The maximum Gasteiger partial charge on any atom is 0.262 e. The van der Waals surface area contributed by atoms with Gasteiger partial charge in [0.1, 0.15) is 0 Å². The Morgan fingerprint density at radius 1 is 1.12 bits per heavy atom. The van der Waals surface area contributed by atoms with Gasteiger partial charge in [-0.1, -0.05) is 18.2 Å². The predicted molar refractivity (Wildman–Crippen MR) is 122 cm³/mol. The van der Waals surface area contributed by atoms with Crippen LogP contribution in [0.25, 0.3) is 0 Å². The molecule has 0 saturated carbocycles. The minimum atomic E-state index is -3.76. The third-order valence-corrected chi connectivity index (χ3v) is 6.42. The van der Waals surface area contributed by atoms with Crippen molar-refractivity contribution in [3.63, 3.8) is 0 Å². The summed E-state index contributed by atoms with van der Waals surface area (Å²) in [6.45, 7) is 4.19. The summed E-state index contributed by atoms with van der Waals surface area (Å²) >= 11 is 0. The van der Waals surface area contributed by atoms with Crippen LogP contribution in [0.4, 0.5) is 5.69 Å². The van der Waals surface area contributed by atoms with Gasteiger partial charge in [0.15, 0.2) is 0 Å². The van der Waals surface area contributed by atoms with E-state index in [0.29, 0.717) is 23.4 Å². The number of aryl methyl sites for hydroxylation is 2. The maximum atomic E-state index is 13.0. The van der Waals surface area contributed by atoms with Gasteiger partial charge in [-0.3, -0.25) is 14.5 Å². The van der Waals surface area contributed by atoms with Gasteiger partial charge < -0.3 is 4.90 Å². The van der Waals surface area contributed by atoms with Crippen LogP contribution >= 0.6 is 0 Å². The molecule has 1 heterocycles. The minimum absolute atomic E-state index is 0.208. The van der Waals surface area contributed by atoms with Crippen molar-refractivity contribution in [3.05, 3.63) is 89.2 Å². The average Bonchev–Trinajstić information content (AvgIpc) is 2.78. The highest BCUT2D eigenvalue weighted by atomic mass is 32.2. The summed E-state index contributed by atoms with van der Waals surface area (Å²) in [5.41, 5.74) is 3.12. The van der Waals surface area contributed by atoms with Gasteiger partial charge in [-0.2, -0.15) is 5.26 Å². The molecule has 8 heteroatoms. The number of nitriles is 1. The van der Waals surface area contributed by atoms with E-state index < -0.39 is 10.0 Å². The second-order valence-corrected chi connectivity index (χ2v) is 9.10. The van der Waals surface area contributed by atoms with Crippen LogP contribution in [0, 0.1) is 25.2 Å². The smallest absolute Gasteiger partial charge is 0.262 e. The van der Waals surface area contributed by atoms with E-state index in [9.17, 15) is 13.2 Å². The molecule has 0 atom stereocenters. The number of benzene rings is 2. The highest BCUT2D eigenvalue weighted by Gasteiger charge is 2.19. The van der Waals surface area contributed by atoms with Gasteiger partial charge in [0.05, 0.1) is 17.4 Å². The fraction of sp³-hybridized carbons (Fsp3) is 0.208. The average molecular weight is 449 g/mol. The monoisotopic (exact) mass is 448 g/mol. The van der Waals surface area contributed by atoms with Crippen LogP contribution in [0.2, 0.25) is 0 Å². The van der Waals surface area contributed by atoms with Crippen molar-refractivity contribution in [1.82, 2.24) is 9.88 Å². The summed E-state index contributed by atoms with van der Waals surface area (Å²) in [4.78, 5) is 18.9. The molecule has 3 aromatic rings. The normalized spacial score (nSPS) is 10.9. The quantitative estimate of drug-likeness (QED) is 0.560. The Morgan fingerprint density at radius 2 is 1.88 bits per heavy atom. The van der Waals surface area contributed by atoms with Gasteiger partial charge in [0.25, 0.3) is 15.9 Å². The number of hydrogen-bond donors (Lipinski definition) is 1. The molecule has 7 nitrogen and oxygen atoms in total. The van der Waals surface area contributed by atoms with Crippen molar-refractivity contribution in [2.45, 2.75) is 31.7 Å². The second kappa shape index (κ2) is 10.1. The van der Waals surface area contributed by atoms with Crippen LogP contribution in [0.15, 0.2) is 71.9 Å². The third-order valence-electron chi connectivity index (χ3n) is 4.89. The fourth-order valence-corrected chi connectivity index (χ4v) is 4.61. The van der Waals surface area contributed by atoms with E-state index in [-0.39, 0.29) is 23.8 Å². The molecule has 0 fully saturated rings. The van der Waals surface area contributed by atoms with Crippen LogP contribution < -0.4 is 4.72 Å². The summed E-state index contributed by atoms with van der Waals surface area (Å²) in [5.74, 6) is -0.243. The lowest BCUT2D eigenvalue weighted by Crippen LogP contribution is -2.31. The lowest BCUT2D eigenvalue weighted by atomic mass is 10.1. The number of anilines is 1. The second-order valence-electron chi connectivity index (χ2n) is 7.45. The summed E-state index contributed by atoms with van der Waals surface area (Å²) in [7, 11) is -3.76. The molecule has 0 spiro atoms. The van der Waals surface area contributed by atoms with Crippen molar-refractivity contribution in [1.29, 1.82) is 5.26 Å². The standard InChI is InChI=1S/C24H24N4O3S/c1-18-6-7-19(2)23(15-18)32(30,31)27-22-10-8-21(9-11-22)24(29)28(14-4-12-25)17-20-5-3-13-26-16-20/h3,5-11,13,15-16,27H,4,14,17H2,1-2H3. The van der Waals surface area contributed by atoms with Gasteiger partial charge in [-0.05, 0) is 66.9 Å². The molecular formula is C24H24N4O3S. The molecule has 0 unspecified atom stereocenters. The first-order valence-electron chi connectivity index (χ1n) is 10.1. The van der Waals surface area contributed by atoms with E-state index >= 15 is 0 Å². The van der Waals surface area contributed by atoms with Crippen LogP contribution in [-0.4, -0.2) is 30.8 Å². The first-order valence-corrected chi connectivity index (χ1v) is 11.5. The van der Waals surface area contributed by atoms with Crippen molar-refractivity contribution in [2.75, 3.05) is 11.3 Å². The topological polar surface area (TPSA) is 103 Å². The Bertz CT molecular complexity index is 1230. The largest absolute Gasteiger partial charge is 0.333 e. The zero-order chi connectivity index (χ0) is 23.1. The van der Waals surface area contributed by atoms with Crippen molar-refractivity contribution in [2.24, 2.45) is 0 Å². The molecule has 32 heavy (non-hydrogen) atoms. The highest BCUT2D eigenvalue weighted by Crippen LogP contribution is 2.21. The van der Waals surface area contributed by atoms with E-state index in [1.807, 2.05) is 19.1 Å². The molecule has 0 bridgehead atoms. The van der Waals surface area contributed by atoms with Crippen LogP contribution in [0.1, 0.15) is 33.5 Å². The molecule has 0 aliphatic heterocycles. The number of pyridine rings is 1. The summed E-state index contributed by atoms with van der Waals surface area (Å²) in [5, 5.41) is 8.94. The van der Waals surface area contributed by atoms with Crippen LogP contribution in [0.5, 0.6) is 0 Å². The summed E-state index contributed by atoms with van der Waals surface area (Å²) < 4.78 is 28.2. The van der Waals surface area contributed by atoms with Gasteiger partial charge in [-0.15, -0.1) is 0 Å². The molecule has 2 aromatic carbocycles. The number of carbonyl (C=O) groups is 1. The van der Waals surface area contributed by atoms with E-state index in [1.54, 1.807) is 66.7 Å². The minimum Gasteiger partial charge on any atom is -0.333 e. The first kappa shape index (κ1) is 23.0. The lowest BCUT2D eigenvalue weighted by molar-refractivity contribution is 0.0747. The van der Waals surface area contributed by atoms with E-state index in [2.05, 4.69) is 15.8 Å². The molecule has 164 valence electrons. The number of rotatable bonds is 8. The molecular weight excluding hydrogens is 424 g/mol. The number of nitrogens with one attached hydrogen (secondary N) is 1. The van der Waals surface area contributed by atoms with Crippen LogP contribution in [-0.2, 0) is 16.6 Å². The van der Waals surface area contributed by atoms with E-state index in [4.69, 9.17) is 5.26 Å². The Labute approximate surface area is 188 Å². The molecule has 0 radical (unpaired) electrons. The molecule has 1 amide bonds. The fourth-order valence-electron chi connectivity index (χ4n) is 3.22. The zero-order valence-electron chi connectivity index (χ0n) is 17.9. The van der Waals surface area contributed by atoms with Crippen molar-refractivity contribution >= 4 is 21.6 Å². The zero-order valence-corrected chi connectivity index (χ0v) is 18.8. The number of sulfonamides is 1. The summed E-state index contributed by atoms with van der Waals surface area (Å²) in [6.07, 6.45) is 3.54. The predicted octanol–water partition coefficient (Wildman–Crippen LogP) is 4.06. The SMILES string of the molecule is Cc1ccc(C)c(S(=O)(=O)Nc2ccc(C(=O)N(CCC#N)Cc3cccnc3)cc2)c1. The Hall–Kier alpha value is -3.70. The number of carbonyl (C=O) groups excluding carboxylic acids is 1. The molecule has 1 N–H and O–H groups in total. The lowest BCUT2D eigenvalue weighted by Gasteiger charge is -2.22. The van der Waals surface area contributed by atoms with Gasteiger partial charge in [0.2, 0.25) is 0 Å². The number of aromatic nitrogens is 1. The summed E-state index contributed by atoms with van der Waals surface area (Å²) in [6, 6.07) is 17.2. The number of amides is 1. The molecule has 1 aromatic heterocycles. The third kappa shape index (κ3) is 5.71. The number of nitrogens with zero attached hydrogens (tertiary/aromatic N) is 3. The Morgan fingerprint density at radius 3 is 2.53 bits per heavy atom. The Balaban J connectivity index is 1.77. The van der Waals surface area contributed by atoms with Crippen molar-refractivity contribution < 1.29 is 13.2 Å². The van der Waals surface area contributed by atoms with E-state index in [0.717, 1.165) is 11.1 Å². The van der Waals surface area contributed by atoms with Gasteiger partial charge in [-0.25, -0.2) is 8.42 Å². The number of hydrogen-bond acceptors (Lipinski definition) is 5. The molecule has 3 rings (SSSR count). The van der Waals surface area contributed by atoms with Gasteiger partial charge in [0, 0.05) is 36.7 Å². The molecule has 0 saturated heterocycles.